The molecule has 3 fully saturated rings. The van der Waals surface area contributed by atoms with E-state index in [9.17, 15) is 19.2 Å². The number of fused-ring (bicyclic) bond motifs is 1. The molecule has 3 aromatic carbocycles. The van der Waals surface area contributed by atoms with Gasteiger partial charge in [0.05, 0.1) is 35.8 Å². The predicted octanol–water partition coefficient (Wildman–Crippen LogP) is 3.90. The monoisotopic (exact) mass is 726 g/mol. The second-order valence-corrected chi connectivity index (χ2v) is 14.8. The number of rotatable bonds is 11. The van der Waals surface area contributed by atoms with Crippen molar-refractivity contribution in [2.45, 2.75) is 33.4 Å². The van der Waals surface area contributed by atoms with Gasteiger partial charge >= 0.3 is 0 Å². The minimum Gasteiger partial charge on any atom is -0.489 e. The molecule has 0 atom stereocenters. The number of halogens is 1. The summed E-state index contributed by atoms with van der Waals surface area (Å²) in [7, 11) is 0. The number of nitrogens with zero attached hydrogens (tertiary/aromatic N) is 6. The Kier molecular flexibility index (Phi) is 10.1. The molecule has 3 saturated heterocycles. The third-order valence-corrected chi connectivity index (χ3v) is 10.2. The van der Waals surface area contributed by atoms with E-state index >= 15 is 0 Å². The highest BCUT2D eigenvalue weighted by Gasteiger charge is 2.52. The van der Waals surface area contributed by atoms with Crippen molar-refractivity contribution in [3.05, 3.63) is 93.5 Å². The highest BCUT2D eigenvalue weighted by molar-refractivity contribution is 6.30. The van der Waals surface area contributed by atoms with Gasteiger partial charge < -0.3 is 19.3 Å². The van der Waals surface area contributed by atoms with E-state index in [-0.39, 0.29) is 47.8 Å². The maximum atomic E-state index is 14.3. The number of Topliss-reactive ketones (excluding diaryl/α,β-unsaturated/α-hetero) is 1. The van der Waals surface area contributed by atoms with Crippen LogP contribution >= 0.6 is 11.6 Å². The normalized spacial score (nSPS) is 17.2. The molecule has 4 aromatic rings. The number of aromatic nitrogens is 2. The lowest BCUT2D eigenvalue weighted by molar-refractivity contribution is -0.155. The molecule has 3 aliphatic heterocycles. The van der Waals surface area contributed by atoms with Crippen LogP contribution in [0.3, 0.4) is 0 Å². The molecule has 52 heavy (non-hydrogen) atoms. The Bertz CT molecular complexity index is 2040. The number of amides is 2. The van der Waals surface area contributed by atoms with Crippen LogP contribution in [0.25, 0.3) is 16.6 Å². The van der Waals surface area contributed by atoms with Crippen molar-refractivity contribution in [1.29, 1.82) is 0 Å². The summed E-state index contributed by atoms with van der Waals surface area (Å²) >= 11 is 5.96. The zero-order chi connectivity index (χ0) is 36.6. The second-order valence-electron chi connectivity index (χ2n) is 14.4. The quantitative estimate of drug-likeness (QED) is 0.212. The van der Waals surface area contributed by atoms with Crippen LogP contribution < -0.4 is 15.0 Å². The summed E-state index contributed by atoms with van der Waals surface area (Å²) in [6.07, 6.45) is -0.184. The van der Waals surface area contributed by atoms with Crippen molar-refractivity contribution in [2.75, 3.05) is 65.5 Å². The number of piperazine rings is 1. The number of hydrogen-bond acceptors (Lipinski definition) is 9. The third kappa shape index (κ3) is 7.55. The molecule has 0 unspecified atom stereocenters. The molecule has 0 bridgehead atoms. The highest BCUT2D eigenvalue weighted by Crippen LogP contribution is 2.39. The van der Waals surface area contributed by atoms with E-state index in [2.05, 4.69) is 9.80 Å². The number of likely N-dealkylation sites (tertiary alicyclic amines) is 2. The number of benzene rings is 3. The molecular weight excluding hydrogens is 684 g/mol. The van der Waals surface area contributed by atoms with Gasteiger partial charge in [-0.15, -0.1) is 0 Å². The van der Waals surface area contributed by atoms with E-state index in [1.165, 1.54) is 0 Å². The molecule has 4 heterocycles. The molecule has 0 radical (unpaired) electrons. The summed E-state index contributed by atoms with van der Waals surface area (Å²) in [5.74, 6) is 1.49. The SMILES string of the molecule is CC(=O)N1CC2(CN(CC(=O)c3ccc(OC(C)C)c(-n4c(CN5CCN(C(=O)COc6ccc(Cl)cc6)CC5)nc5ccccc5c4=O)c3)C2)C1. The van der Waals surface area contributed by atoms with Crippen molar-refractivity contribution in [3.63, 3.8) is 0 Å². The lowest BCUT2D eigenvalue weighted by Gasteiger charge is -2.60. The van der Waals surface area contributed by atoms with Crippen LogP contribution in [-0.2, 0) is 16.1 Å². The van der Waals surface area contributed by atoms with E-state index in [1.807, 2.05) is 36.9 Å². The number of hydrogen-bond donors (Lipinski definition) is 0. The molecule has 12 nitrogen and oxygen atoms in total. The summed E-state index contributed by atoms with van der Waals surface area (Å²) in [6, 6.07) is 19.4. The minimum absolute atomic E-state index is 0.0564. The molecule has 3 aliphatic rings. The molecule has 13 heteroatoms. The Hall–Kier alpha value is -4.78. The van der Waals surface area contributed by atoms with E-state index in [4.69, 9.17) is 26.1 Å². The van der Waals surface area contributed by atoms with Gasteiger partial charge in [-0.25, -0.2) is 4.98 Å². The van der Waals surface area contributed by atoms with Crippen LogP contribution in [0.1, 0.15) is 37.0 Å². The molecule has 0 aliphatic carbocycles. The Labute approximate surface area is 307 Å². The number of carbonyl (C=O) groups is 3. The lowest BCUT2D eigenvalue weighted by Crippen LogP contribution is -2.73. The van der Waals surface area contributed by atoms with Gasteiger partial charge in [0.1, 0.15) is 17.3 Å². The van der Waals surface area contributed by atoms with Gasteiger partial charge in [-0.1, -0.05) is 23.7 Å². The van der Waals surface area contributed by atoms with E-state index < -0.39 is 0 Å². The van der Waals surface area contributed by atoms with E-state index in [0.717, 1.165) is 26.2 Å². The molecular formula is C39H43ClN6O6. The topological polar surface area (TPSA) is 118 Å². The fraction of sp³-hybridized carbons (Fsp3) is 0.410. The van der Waals surface area contributed by atoms with Gasteiger partial charge in [-0.3, -0.25) is 33.5 Å². The first-order valence-corrected chi connectivity index (χ1v) is 18.1. The van der Waals surface area contributed by atoms with Crippen molar-refractivity contribution in [2.24, 2.45) is 5.41 Å². The van der Waals surface area contributed by atoms with Crippen molar-refractivity contribution in [3.8, 4) is 17.2 Å². The Morgan fingerprint density at radius 2 is 1.60 bits per heavy atom. The Balaban J connectivity index is 1.10. The number of ketones is 1. The smallest absolute Gasteiger partial charge is 0.266 e. The molecule has 0 N–H and O–H groups in total. The molecule has 7 rings (SSSR count). The largest absolute Gasteiger partial charge is 0.489 e. The lowest BCUT2D eigenvalue weighted by atomic mass is 9.72. The first-order chi connectivity index (χ1) is 25.0. The molecule has 1 aromatic heterocycles. The third-order valence-electron chi connectivity index (χ3n) is 9.98. The zero-order valence-electron chi connectivity index (χ0n) is 29.7. The van der Waals surface area contributed by atoms with Gasteiger partial charge in [0.2, 0.25) is 5.91 Å². The fourth-order valence-electron chi connectivity index (χ4n) is 7.37. The van der Waals surface area contributed by atoms with Crippen LogP contribution in [-0.4, -0.2) is 118 Å². The minimum atomic E-state index is -0.253. The average Bonchev–Trinajstić information content (AvgIpc) is 3.08. The summed E-state index contributed by atoms with van der Waals surface area (Å²) in [6.45, 7) is 11.1. The van der Waals surface area contributed by atoms with Crippen molar-refractivity contribution in [1.82, 2.24) is 29.2 Å². The van der Waals surface area contributed by atoms with E-state index in [1.54, 1.807) is 64.9 Å². The summed E-state index contributed by atoms with van der Waals surface area (Å²) in [5.41, 5.74) is 1.36. The fourth-order valence-corrected chi connectivity index (χ4v) is 7.50. The maximum Gasteiger partial charge on any atom is 0.266 e. The van der Waals surface area contributed by atoms with Gasteiger partial charge in [-0.2, -0.15) is 0 Å². The standard InChI is InChI=1S/C39H43ClN6O6/c1-26(2)52-35-13-8-28(34(48)19-43-22-39(23-43)24-45(25-39)27(3)47)18-33(35)46-36(41-32-7-5-4-6-31(32)38(46)50)20-42-14-16-44(17-15-42)37(49)21-51-30-11-9-29(40)10-12-30/h4-13,18,26H,14-17,19-25H2,1-3H3. The van der Waals surface area contributed by atoms with Crippen molar-refractivity contribution < 1.29 is 23.9 Å². The Morgan fingerprint density at radius 3 is 2.29 bits per heavy atom. The molecule has 272 valence electrons. The second kappa shape index (κ2) is 14.7. The van der Waals surface area contributed by atoms with Gasteiger partial charge in [0, 0.05) is 75.3 Å². The summed E-state index contributed by atoms with van der Waals surface area (Å²) in [5, 5.41) is 1.06. The van der Waals surface area contributed by atoms with Gasteiger partial charge in [0.25, 0.3) is 11.5 Å². The molecule has 0 saturated carbocycles. The van der Waals surface area contributed by atoms with E-state index in [0.29, 0.717) is 77.2 Å². The molecule has 2 amide bonds. The average molecular weight is 727 g/mol. The van der Waals surface area contributed by atoms with Crippen LogP contribution in [0.15, 0.2) is 71.5 Å². The van der Waals surface area contributed by atoms with Crippen LogP contribution in [0.2, 0.25) is 5.02 Å². The van der Waals surface area contributed by atoms with Crippen molar-refractivity contribution >= 4 is 40.1 Å². The summed E-state index contributed by atoms with van der Waals surface area (Å²) < 4.78 is 13.5. The number of para-hydroxylation sites is 1. The number of carbonyl (C=O) groups excluding carboxylic acids is 3. The Morgan fingerprint density at radius 1 is 0.885 bits per heavy atom. The van der Waals surface area contributed by atoms with Gasteiger partial charge in [0.15, 0.2) is 12.4 Å². The summed E-state index contributed by atoms with van der Waals surface area (Å²) in [4.78, 5) is 65.5. The van der Waals surface area contributed by atoms with Crippen LogP contribution in [0.5, 0.6) is 11.5 Å². The predicted molar refractivity (Wildman–Crippen MR) is 197 cm³/mol. The first kappa shape index (κ1) is 35.6. The number of ether oxygens (including phenoxy) is 2. The highest BCUT2D eigenvalue weighted by atomic mass is 35.5. The van der Waals surface area contributed by atoms with Gasteiger partial charge in [-0.05, 0) is 68.4 Å². The van der Waals surface area contributed by atoms with Crippen LogP contribution in [0.4, 0.5) is 0 Å². The maximum absolute atomic E-state index is 14.3. The van der Waals surface area contributed by atoms with Crippen LogP contribution in [0, 0.1) is 5.41 Å². The zero-order valence-corrected chi connectivity index (χ0v) is 30.5. The first-order valence-electron chi connectivity index (χ1n) is 17.7. The molecule has 1 spiro atoms.